The molecule has 6 nitrogen and oxygen atoms in total. The van der Waals surface area contributed by atoms with Gasteiger partial charge in [0.2, 0.25) is 11.8 Å². The zero-order valence-corrected chi connectivity index (χ0v) is 16.2. The average Bonchev–Trinajstić information content (AvgIpc) is 3.23. The topological polar surface area (TPSA) is 67.2 Å². The second-order valence-corrected chi connectivity index (χ2v) is 7.53. The van der Waals surface area contributed by atoms with Crippen molar-refractivity contribution >= 4 is 34.9 Å². The van der Waals surface area contributed by atoms with Crippen LogP contribution in [0.5, 0.6) is 0 Å². The van der Waals surface area contributed by atoms with Crippen molar-refractivity contribution in [2.75, 3.05) is 16.8 Å². The Morgan fingerprint density at radius 3 is 2.59 bits per heavy atom. The summed E-state index contributed by atoms with van der Waals surface area (Å²) in [6.07, 6.45) is 3.37. The molecule has 0 saturated carbocycles. The number of nitrogens with zero attached hydrogens (tertiary/aromatic N) is 3. The lowest BCUT2D eigenvalue weighted by atomic mass is 9.72. The van der Waals surface area contributed by atoms with Gasteiger partial charge in [0, 0.05) is 24.2 Å². The summed E-state index contributed by atoms with van der Waals surface area (Å²) in [7, 11) is 0. The Bertz CT molecular complexity index is 1190. The molecule has 0 radical (unpaired) electrons. The molecule has 0 saturated heterocycles. The largest absolute Gasteiger partial charge is 0.310 e. The summed E-state index contributed by atoms with van der Waals surface area (Å²) in [6, 6.07) is 14.8. The number of aromatic nitrogens is 2. The molecule has 2 amide bonds. The minimum Gasteiger partial charge on any atom is -0.310 e. The van der Waals surface area contributed by atoms with Crippen molar-refractivity contribution in [3.8, 4) is 5.69 Å². The molecule has 2 aliphatic rings. The third-order valence-electron chi connectivity index (χ3n) is 5.57. The second-order valence-electron chi connectivity index (χ2n) is 7.12. The molecule has 2 aromatic carbocycles. The van der Waals surface area contributed by atoms with Gasteiger partial charge in [-0.15, -0.1) is 6.58 Å². The molecular formula is C22H17ClN4O2. The summed E-state index contributed by atoms with van der Waals surface area (Å²) >= 11 is 6.36. The maximum absolute atomic E-state index is 13.7. The monoisotopic (exact) mass is 404 g/mol. The van der Waals surface area contributed by atoms with Gasteiger partial charge in [-0.05, 0) is 23.8 Å². The first-order valence-corrected chi connectivity index (χ1v) is 9.61. The third kappa shape index (κ3) is 2.32. The molecule has 1 atom stereocenters. The molecule has 3 aromatic rings. The normalized spacial score (nSPS) is 19.8. The Hall–Kier alpha value is -3.38. The standard InChI is InChI=1S/C22H17ClN4O2/c1-2-11-26-17-9-5-3-7-14(17)22(21(26)29)12-19(28)25-20-15(22)13-24-27(20)18-10-6-4-8-16(18)23/h2-10,13H,1,11-12H2,(H,25,28)/t22-/m0/s1. The number of rotatable bonds is 3. The summed E-state index contributed by atoms with van der Waals surface area (Å²) in [5, 5.41) is 7.88. The fourth-order valence-electron chi connectivity index (χ4n) is 4.37. The van der Waals surface area contributed by atoms with E-state index in [1.807, 2.05) is 42.5 Å². The van der Waals surface area contributed by atoms with Gasteiger partial charge in [-0.1, -0.05) is 48.0 Å². The number of carbonyl (C=O) groups is 2. The number of benzene rings is 2. The number of hydrogen-bond donors (Lipinski definition) is 1. The fraction of sp³-hybridized carbons (Fsp3) is 0.136. The Labute approximate surface area is 172 Å². The van der Waals surface area contributed by atoms with E-state index in [-0.39, 0.29) is 18.2 Å². The van der Waals surface area contributed by atoms with E-state index >= 15 is 0 Å². The van der Waals surface area contributed by atoms with Crippen LogP contribution in [0.25, 0.3) is 5.69 Å². The van der Waals surface area contributed by atoms with Gasteiger partial charge in [0.1, 0.15) is 11.2 Å². The quantitative estimate of drug-likeness (QED) is 0.677. The van der Waals surface area contributed by atoms with Crippen molar-refractivity contribution in [1.29, 1.82) is 0 Å². The van der Waals surface area contributed by atoms with Crippen molar-refractivity contribution < 1.29 is 9.59 Å². The van der Waals surface area contributed by atoms with Crippen molar-refractivity contribution in [2.45, 2.75) is 11.8 Å². The lowest BCUT2D eigenvalue weighted by Crippen LogP contribution is -2.46. The number of nitrogens with one attached hydrogen (secondary N) is 1. The SMILES string of the molecule is C=CCN1C(=O)[C@@]2(CC(=O)Nc3c2cnn3-c2ccccc2Cl)c2ccccc21. The molecule has 5 rings (SSSR count). The summed E-state index contributed by atoms with van der Waals surface area (Å²) in [5.74, 6) is 0.0845. The predicted octanol–water partition coefficient (Wildman–Crippen LogP) is 3.69. The van der Waals surface area contributed by atoms with Gasteiger partial charge < -0.3 is 10.2 Å². The summed E-state index contributed by atoms with van der Waals surface area (Å²) in [5.41, 5.74) is 1.79. The van der Waals surface area contributed by atoms with Crippen molar-refractivity contribution in [1.82, 2.24) is 9.78 Å². The van der Waals surface area contributed by atoms with Crippen molar-refractivity contribution in [3.63, 3.8) is 0 Å². The van der Waals surface area contributed by atoms with Gasteiger partial charge in [-0.3, -0.25) is 9.59 Å². The zero-order chi connectivity index (χ0) is 20.2. The van der Waals surface area contributed by atoms with Crippen molar-refractivity contribution in [2.24, 2.45) is 0 Å². The fourth-order valence-corrected chi connectivity index (χ4v) is 4.58. The number of para-hydroxylation sites is 2. The molecule has 1 spiro atoms. The van der Waals surface area contributed by atoms with Gasteiger partial charge in [0.25, 0.3) is 0 Å². The van der Waals surface area contributed by atoms with E-state index in [9.17, 15) is 9.59 Å². The maximum atomic E-state index is 13.7. The molecule has 7 heteroatoms. The number of fused-ring (bicyclic) bond motifs is 4. The Morgan fingerprint density at radius 2 is 1.83 bits per heavy atom. The highest BCUT2D eigenvalue weighted by atomic mass is 35.5. The van der Waals surface area contributed by atoms with Crippen LogP contribution in [0.3, 0.4) is 0 Å². The molecular weight excluding hydrogens is 388 g/mol. The van der Waals surface area contributed by atoms with E-state index in [4.69, 9.17) is 11.6 Å². The van der Waals surface area contributed by atoms with Crippen LogP contribution in [-0.4, -0.2) is 28.1 Å². The van der Waals surface area contributed by atoms with Gasteiger partial charge in [-0.2, -0.15) is 5.10 Å². The summed E-state index contributed by atoms with van der Waals surface area (Å²) in [4.78, 5) is 28.2. The second kappa shape index (κ2) is 6.32. The Morgan fingerprint density at radius 1 is 1.10 bits per heavy atom. The van der Waals surface area contributed by atoms with E-state index in [2.05, 4.69) is 17.0 Å². The summed E-state index contributed by atoms with van der Waals surface area (Å²) < 4.78 is 1.59. The van der Waals surface area contributed by atoms with E-state index < -0.39 is 5.41 Å². The number of halogens is 1. The molecule has 0 unspecified atom stereocenters. The van der Waals surface area contributed by atoms with Crippen LogP contribution in [0.15, 0.2) is 67.4 Å². The van der Waals surface area contributed by atoms with Crippen LogP contribution in [0.4, 0.5) is 11.5 Å². The van der Waals surface area contributed by atoms with Gasteiger partial charge in [0.15, 0.2) is 0 Å². The van der Waals surface area contributed by atoms with Crippen LogP contribution >= 0.6 is 11.6 Å². The number of hydrogen-bond acceptors (Lipinski definition) is 3. The number of carbonyl (C=O) groups excluding carboxylic acids is 2. The first kappa shape index (κ1) is 17.7. The number of anilines is 2. The third-order valence-corrected chi connectivity index (χ3v) is 5.89. The molecule has 2 aliphatic heterocycles. The van der Waals surface area contributed by atoms with Gasteiger partial charge in [0.05, 0.1) is 16.9 Å². The highest BCUT2D eigenvalue weighted by molar-refractivity contribution is 6.32. The molecule has 29 heavy (non-hydrogen) atoms. The summed E-state index contributed by atoms with van der Waals surface area (Å²) in [6.45, 7) is 4.14. The highest BCUT2D eigenvalue weighted by Crippen LogP contribution is 2.52. The molecule has 0 bridgehead atoms. The van der Waals surface area contributed by atoms with Crippen LogP contribution < -0.4 is 10.2 Å². The smallest absolute Gasteiger partial charge is 0.243 e. The molecule has 0 fully saturated rings. The first-order valence-electron chi connectivity index (χ1n) is 9.23. The van der Waals surface area contributed by atoms with Crippen LogP contribution in [0.1, 0.15) is 17.5 Å². The van der Waals surface area contributed by atoms with E-state index in [0.29, 0.717) is 28.6 Å². The Kier molecular flexibility index (Phi) is 3.86. The zero-order valence-electron chi connectivity index (χ0n) is 15.4. The molecule has 1 aromatic heterocycles. The number of amides is 2. The predicted molar refractivity (Wildman–Crippen MR) is 112 cm³/mol. The van der Waals surface area contributed by atoms with Crippen molar-refractivity contribution in [3.05, 3.63) is 83.5 Å². The van der Waals surface area contributed by atoms with E-state index in [1.165, 1.54) is 0 Å². The molecule has 3 heterocycles. The lowest BCUT2D eigenvalue weighted by Gasteiger charge is -2.32. The maximum Gasteiger partial charge on any atom is 0.243 e. The van der Waals surface area contributed by atoms with Gasteiger partial charge in [-0.25, -0.2) is 4.68 Å². The van der Waals surface area contributed by atoms with E-state index in [1.54, 1.807) is 27.9 Å². The Balaban J connectivity index is 1.78. The molecule has 1 N–H and O–H groups in total. The van der Waals surface area contributed by atoms with E-state index in [0.717, 1.165) is 11.3 Å². The molecule has 144 valence electrons. The highest BCUT2D eigenvalue weighted by Gasteiger charge is 2.56. The molecule has 0 aliphatic carbocycles. The van der Waals surface area contributed by atoms with Gasteiger partial charge >= 0.3 is 0 Å². The minimum atomic E-state index is -1.11. The van der Waals surface area contributed by atoms with Crippen LogP contribution in [0, 0.1) is 0 Å². The van der Waals surface area contributed by atoms with Crippen LogP contribution in [-0.2, 0) is 15.0 Å². The van der Waals surface area contributed by atoms with Crippen LogP contribution in [0.2, 0.25) is 5.02 Å². The lowest BCUT2D eigenvalue weighted by molar-refractivity contribution is -0.126. The first-order chi connectivity index (χ1) is 14.1. The average molecular weight is 405 g/mol. The minimum absolute atomic E-state index is 0.0255.